The summed E-state index contributed by atoms with van der Waals surface area (Å²) in [5, 5.41) is 0. The monoisotopic (exact) mass is 925 g/mol. The smallest absolute Gasteiger partial charge is 0.330 e. The molecule has 4 aromatic heterocycles. The summed E-state index contributed by atoms with van der Waals surface area (Å²) in [7, 11) is 0. The van der Waals surface area contributed by atoms with Gasteiger partial charge in [-0.1, -0.05) is 194 Å². The fourth-order valence-electron chi connectivity index (χ4n) is 8.80. The summed E-state index contributed by atoms with van der Waals surface area (Å²) in [6.07, 6.45) is 50.3. The minimum atomic E-state index is -0.268. The first-order valence-corrected chi connectivity index (χ1v) is 28.9. The third-order valence-electron chi connectivity index (χ3n) is 12.4. The Kier molecular flexibility index (Phi) is 27.7. The topological polar surface area (TPSA) is 52.6 Å². The number of carbonyl (C=O) groups is 2. The minimum absolute atomic E-state index is 0.268. The molecule has 0 aliphatic carbocycles. The van der Waals surface area contributed by atoms with E-state index in [0.29, 0.717) is 13.2 Å². The third kappa shape index (κ3) is 18.8. The Balaban J connectivity index is 1.35. The molecule has 4 nitrogen and oxygen atoms in total. The highest BCUT2D eigenvalue weighted by atomic mass is 32.1. The molecule has 0 aliphatic heterocycles. The molecule has 0 fully saturated rings. The van der Waals surface area contributed by atoms with Gasteiger partial charge in [-0.3, -0.25) is 0 Å². The highest BCUT2D eigenvalue weighted by Crippen LogP contribution is 2.53. The third-order valence-corrected chi connectivity index (χ3v) is 18.0. The van der Waals surface area contributed by atoms with Crippen molar-refractivity contribution in [1.29, 1.82) is 0 Å². The maximum absolute atomic E-state index is 12.4. The molecule has 348 valence electrons. The van der Waals surface area contributed by atoms with Crippen molar-refractivity contribution < 1.29 is 19.1 Å². The zero-order chi connectivity index (χ0) is 44.0. The van der Waals surface area contributed by atoms with Gasteiger partial charge >= 0.3 is 11.9 Å². The first-order valence-electron chi connectivity index (χ1n) is 25.6. The Bertz CT molecular complexity index is 1730. The van der Waals surface area contributed by atoms with E-state index in [1.165, 1.54) is 242 Å². The number of esters is 2. The number of unbranched alkanes of at least 4 members (excludes halogenated alkanes) is 28. The Morgan fingerprint density at radius 2 is 0.613 bits per heavy atom. The highest BCUT2D eigenvalue weighted by Gasteiger charge is 2.23. The molecule has 4 heterocycles. The molecule has 0 bridgehead atoms. The number of hydrogen-bond donors (Lipinski definition) is 0. The van der Waals surface area contributed by atoms with E-state index in [-0.39, 0.29) is 11.9 Å². The van der Waals surface area contributed by atoms with Crippen molar-refractivity contribution in [2.75, 3.05) is 13.2 Å². The molecule has 0 aromatic carbocycles. The zero-order valence-electron chi connectivity index (χ0n) is 39.6. The van der Waals surface area contributed by atoms with Crippen LogP contribution >= 0.6 is 45.3 Å². The summed E-state index contributed by atoms with van der Waals surface area (Å²) >= 11 is 7.60. The Labute approximate surface area is 393 Å². The van der Waals surface area contributed by atoms with Crippen molar-refractivity contribution in [2.24, 2.45) is 0 Å². The van der Waals surface area contributed by atoms with Gasteiger partial charge in [0.05, 0.1) is 41.4 Å². The molecule has 0 saturated heterocycles. The SMILES string of the molecule is CCCCCCCCCCCCCCCCCc1c(/C=C/C(=O)OCC)sc2c1sc1c3sc(/C=C/C(=O)OCC)c(CCCCCCCCCCCCCCCCC)c3sc21. The molecule has 62 heavy (non-hydrogen) atoms. The van der Waals surface area contributed by atoms with Gasteiger partial charge in [0.2, 0.25) is 0 Å². The molecule has 8 heteroatoms. The van der Waals surface area contributed by atoms with Crippen LogP contribution in [0.25, 0.3) is 40.4 Å². The van der Waals surface area contributed by atoms with Crippen molar-refractivity contribution in [1.82, 2.24) is 0 Å². The van der Waals surface area contributed by atoms with Gasteiger partial charge in [-0.2, -0.15) is 0 Å². The van der Waals surface area contributed by atoms with Crippen molar-refractivity contribution in [3.8, 4) is 0 Å². The van der Waals surface area contributed by atoms with Crippen LogP contribution in [0.4, 0.5) is 0 Å². The number of hydrogen-bond acceptors (Lipinski definition) is 8. The summed E-state index contributed by atoms with van der Waals surface area (Å²) in [5.41, 5.74) is 2.80. The fourth-order valence-corrected chi connectivity index (χ4v) is 14.9. The van der Waals surface area contributed by atoms with E-state index in [4.69, 9.17) is 9.47 Å². The predicted octanol–water partition coefficient (Wildman–Crippen LogP) is 19.4. The molecular weight excluding hydrogens is 841 g/mol. The van der Waals surface area contributed by atoms with Gasteiger partial charge < -0.3 is 9.47 Å². The molecule has 0 N–H and O–H groups in total. The van der Waals surface area contributed by atoms with Crippen molar-refractivity contribution in [3.63, 3.8) is 0 Å². The maximum Gasteiger partial charge on any atom is 0.330 e. The quantitative estimate of drug-likeness (QED) is 0.0255. The van der Waals surface area contributed by atoms with Gasteiger partial charge in [0.15, 0.2) is 0 Å². The lowest BCUT2D eigenvalue weighted by Crippen LogP contribution is -1.98. The molecule has 4 aromatic rings. The van der Waals surface area contributed by atoms with Gasteiger partial charge in [-0.15, -0.1) is 45.3 Å². The molecule has 0 saturated carbocycles. The van der Waals surface area contributed by atoms with Crippen molar-refractivity contribution >= 4 is 97.6 Å². The summed E-state index contributed by atoms with van der Waals surface area (Å²) in [5.74, 6) is -0.536. The average molecular weight is 926 g/mol. The normalized spacial score (nSPS) is 12.1. The van der Waals surface area contributed by atoms with E-state index in [1.807, 2.05) is 71.3 Å². The number of rotatable bonds is 38. The van der Waals surface area contributed by atoms with Gasteiger partial charge in [0.1, 0.15) is 0 Å². The predicted molar refractivity (Wildman–Crippen MR) is 279 cm³/mol. The first kappa shape index (κ1) is 52.6. The van der Waals surface area contributed by atoms with Gasteiger partial charge in [0, 0.05) is 21.9 Å². The number of carbonyl (C=O) groups excluding carboxylic acids is 2. The highest BCUT2D eigenvalue weighted by molar-refractivity contribution is 7.44. The molecule has 4 rings (SSSR count). The lowest BCUT2D eigenvalue weighted by molar-refractivity contribution is -0.138. The summed E-state index contributed by atoms with van der Waals surface area (Å²) in [6.45, 7) is 9.09. The molecule has 0 aliphatic rings. The molecule has 0 spiro atoms. The number of aryl methyl sites for hydroxylation is 2. The second kappa shape index (κ2) is 32.6. The summed E-state index contributed by atoms with van der Waals surface area (Å²) < 4.78 is 18.9. The molecule has 0 atom stereocenters. The molecule has 0 unspecified atom stereocenters. The number of fused-ring (bicyclic) bond motifs is 5. The summed E-state index contributed by atoms with van der Waals surface area (Å²) in [6, 6.07) is 0. The largest absolute Gasteiger partial charge is 0.463 e. The van der Waals surface area contributed by atoms with Crippen LogP contribution in [-0.4, -0.2) is 25.2 Å². The Hall–Kier alpha value is -2.00. The standard InChI is InChI=1S/C54H84O4S4/c1-5-9-11-13-15-17-19-21-23-25-27-29-31-33-35-37-43-45(39-41-47(55)57-7-3)59-51-49(43)61-54-52-50(62-53(51)54)44(46(60-52)40-42-48(56)58-8-4)38-36-34-32-30-28-26-24-22-20-18-16-14-12-10-6-2/h39-42H,5-38H2,1-4H3/b41-39+,42-40+. The van der Waals surface area contributed by atoms with E-state index in [1.54, 1.807) is 12.2 Å². The lowest BCUT2D eigenvalue weighted by atomic mass is 10.0. The number of thiophene rings is 4. The van der Waals surface area contributed by atoms with Crippen LogP contribution in [0.1, 0.15) is 241 Å². The van der Waals surface area contributed by atoms with Gasteiger partial charge in [0.25, 0.3) is 0 Å². The Morgan fingerprint density at radius 3 is 0.887 bits per heavy atom. The van der Waals surface area contributed by atoms with Gasteiger partial charge in [-0.25, -0.2) is 9.59 Å². The van der Waals surface area contributed by atoms with Crippen LogP contribution in [-0.2, 0) is 31.9 Å². The van der Waals surface area contributed by atoms with E-state index in [0.717, 1.165) is 12.8 Å². The van der Waals surface area contributed by atoms with Crippen LogP contribution < -0.4 is 0 Å². The van der Waals surface area contributed by atoms with Crippen molar-refractivity contribution in [3.05, 3.63) is 33.0 Å². The van der Waals surface area contributed by atoms with Crippen LogP contribution in [0, 0.1) is 0 Å². The van der Waals surface area contributed by atoms with Gasteiger partial charge in [-0.05, 0) is 62.8 Å². The van der Waals surface area contributed by atoms with E-state index < -0.39 is 0 Å². The lowest BCUT2D eigenvalue weighted by Gasteiger charge is -2.04. The second-order valence-corrected chi connectivity index (χ2v) is 21.8. The first-order chi connectivity index (χ1) is 30.5. The molecule has 0 radical (unpaired) electrons. The molecule has 0 amide bonds. The second-order valence-electron chi connectivity index (χ2n) is 17.6. The van der Waals surface area contributed by atoms with Crippen LogP contribution in [0.2, 0.25) is 0 Å². The fraction of sp³-hybridized carbons (Fsp3) is 0.704. The average Bonchev–Trinajstić information content (AvgIpc) is 3.99. The van der Waals surface area contributed by atoms with Crippen LogP contribution in [0.3, 0.4) is 0 Å². The van der Waals surface area contributed by atoms with E-state index >= 15 is 0 Å². The van der Waals surface area contributed by atoms with E-state index in [2.05, 4.69) is 13.8 Å². The zero-order valence-corrected chi connectivity index (χ0v) is 42.9. The maximum atomic E-state index is 12.4. The Morgan fingerprint density at radius 1 is 0.355 bits per heavy atom. The van der Waals surface area contributed by atoms with Crippen molar-refractivity contribution in [2.45, 2.75) is 233 Å². The minimum Gasteiger partial charge on any atom is -0.463 e. The van der Waals surface area contributed by atoms with E-state index in [9.17, 15) is 9.59 Å². The summed E-state index contributed by atoms with van der Waals surface area (Å²) in [4.78, 5) is 27.2. The van der Waals surface area contributed by atoms with Crippen LogP contribution in [0.15, 0.2) is 12.2 Å². The van der Waals surface area contributed by atoms with Crippen LogP contribution in [0.5, 0.6) is 0 Å². The molecular formula is C54H84O4S4. The number of ether oxygens (including phenoxy) is 2.